The van der Waals surface area contributed by atoms with Gasteiger partial charge in [0.1, 0.15) is 0 Å². The van der Waals surface area contributed by atoms with Crippen LogP contribution in [0.2, 0.25) is 5.02 Å². The molecule has 0 heterocycles. The Balaban J connectivity index is 2.09. The summed E-state index contributed by atoms with van der Waals surface area (Å²) < 4.78 is 0.849. The first-order valence-corrected chi connectivity index (χ1v) is 10.8. The van der Waals surface area contributed by atoms with Gasteiger partial charge in [0.15, 0.2) is 5.78 Å². The minimum Gasteiger partial charge on any atom is -0.293 e. The van der Waals surface area contributed by atoms with Crippen molar-refractivity contribution in [1.29, 1.82) is 0 Å². The van der Waals surface area contributed by atoms with Crippen molar-refractivity contribution >= 4 is 49.2 Å². The zero-order valence-electron chi connectivity index (χ0n) is 15.0. The fourth-order valence-electron chi connectivity index (χ4n) is 3.24. The summed E-state index contributed by atoms with van der Waals surface area (Å²) in [5.74, 6) is -0.957. The van der Waals surface area contributed by atoms with E-state index < -0.39 is 16.8 Å². The number of alkyl halides is 1. The topological polar surface area (TPSA) is 60.2 Å². The SMILES string of the molecule is O=C(c1ccc(Br)cc1)[C@@H](Br)[C@@H](c1ccc(Cl)cc1)[C@H](c1ccccc1)[N+](=O)[O-]. The van der Waals surface area contributed by atoms with Gasteiger partial charge < -0.3 is 0 Å². The number of nitrogens with zero attached hydrogens (tertiary/aromatic N) is 1. The van der Waals surface area contributed by atoms with Gasteiger partial charge in [-0.25, -0.2) is 0 Å². The molecule has 3 aromatic carbocycles. The largest absolute Gasteiger partial charge is 0.293 e. The van der Waals surface area contributed by atoms with Gasteiger partial charge in [0.05, 0.1) is 10.7 Å². The average molecular weight is 538 g/mol. The first-order chi connectivity index (χ1) is 13.9. The molecule has 0 aromatic heterocycles. The first-order valence-electron chi connectivity index (χ1n) is 8.76. The molecular weight excluding hydrogens is 522 g/mol. The van der Waals surface area contributed by atoms with Crippen molar-refractivity contribution < 1.29 is 9.72 Å². The summed E-state index contributed by atoms with van der Waals surface area (Å²) in [5.41, 5.74) is 1.67. The maximum absolute atomic E-state index is 13.2. The molecule has 0 amide bonds. The van der Waals surface area contributed by atoms with Crippen molar-refractivity contribution in [2.45, 2.75) is 16.8 Å². The molecule has 0 saturated heterocycles. The highest BCUT2D eigenvalue weighted by Crippen LogP contribution is 2.40. The molecule has 29 heavy (non-hydrogen) atoms. The predicted molar refractivity (Wildman–Crippen MR) is 122 cm³/mol. The van der Waals surface area contributed by atoms with Crippen LogP contribution in [0.15, 0.2) is 83.3 Å². The van der Waals surface area contributed by atoms with Crippen LogP contribution in [0.3, 0.4) is 0 Å². The number of benzene rings is 3. The summed E-state index contributed by atoms with van der Waals surface area (Å²) in [6, 6.07) is 21.4. The normalized spacial score (nSPS) is 14.0. The Labute approximate surface area is 190 Å². The molecule has 4 nitrogen and oxygen atoms in total. The number of halogens is 3. The predicted octanol–water partition coefficient (Wildman–Crippen LogP) is 6.85. The summed E-state index contributed by atoms with van der Waals surface area (Å²) in [4.78, 5) is 24.2. The van der Waals surface area contributed by atoms with E-state index in [-0.39, 0.29) is 10.7 Å². The van der Waals surface area contributed by atoms with E-state index in [1.807, 2.05) is 0 Å². The summed E-state index contributed by atoms with van der Waals surface area (Å²) in [5, 5.41) is 12.7. The van der Waals surface area contributed by atoms with Gasteiger partial charge in [-0.05, 0) is 29.8 Å². The van der Waals surface area contributed by atoms with Gasteiger partial charge in [-0.2, -0.15) is 0 Å². The van der Waals surface area contributed by atoms with Crippen molar-refractivity contribution in [1.82, 2.24) is 0 Å². The zero-order chi connectivity index (χ0) is 21.0. The third-order valence-corrected chi connectivity index (χ3v) is 6.42. The molecule has 3 atom stereocenters. The lowest BCUT2D eigenvalue weighted by Crippen LogP contribution is -2.31. The smallest absolute Gasteiger partial charge is 0.246 e. The lowest BCUT2D eigenvalue weighted by molar-refractivity contribution is -0.533. The first kappa shape index (κ1) is 21.7. The molecule has 3 aromatic rings. The molecular formula is C22H16Br2ClNO3. The highest BCUT2D eigenvalue weighted by atomic mass is 79.9. The van der Waals surface area contributed by atoms with Crippen molar-refractivity contribution in [2.75, 3.05) is 0 Å². The van der Waals surface area contributed by atoms with E-state index in [0.29, 0.717) is 21.7 Å². The monoisotopic (exact) mass is 535 g/mol. The van der Waals surface area contributed by atoms with Gasteiger partial charge in [0.2, 0.25) is 6.04 Å². The number of carbonyl (C=O) groups is 1. The lowest BCUT2D eigenvalue weighted by Gasteiger charge is -2.26. The fourth-order valence-corrected chi connectivity index (χ4v) is 4.49. The molecule has 0 aliphatic carbocycles. The number of hydrogen-bond donors (Lipinski definition) is 0. The van der Waals surface area contributed by atoms with Gasteiger partial charge in [-0.15, -0.1) is 0 Å². The van der Waals surface area contributed by atoms with Crippen LogP contribution in [-0.4, -0.2) is 15.5 Å². The molecule has 0 bridgehead atoms. The van der Waals surface area contributed by atoms with E-state index in [1.54, 1.807) is 78.9 Å². The Morgan fingerprint density at radius 3 is 2.03 bits per heavy atom. The molecule has 0 spiro atoms. The van der Waals surface area contributed by atoms with Crippen LogP contribution in [0.25, 0.3) is 0 Å². The van der Waals surface area contributed by atoms with Crippen LogP contribution in [0.4, 0.5) is 0 Å². The highest BCUT2D eigenvalue weighted by Gasteiger charge is 2.42. The van der Waals surface area contributed by atoms with Crippen LogP contribution in [-0.2, 0) is 0 Å². The summed E-state index contributed by atoms with van der Waals surface area (Å²) in [7, 11) is 0. The molecule has 0 aliphatic heterocycles. The van der Waals surface area contributed by atoms with E-state index in [4.69, 9.17) is 11.6 Å². The molecule has 7 heteroatoms. The fraction of sp³-hybridized carbons (Fsp3) is 0.136. The minimum absolute atomic E-state index is 0.222. The van der Waals surface area contributed by atoms with Gasteiger partial charge in [0, 0.05) is 25.5 Å². The second-order valence-electron chi connectivity index (χ2n) is 6.49. The van der Waals surface area contributed by atoms with Crippen molar-refractivity contribution in [3.63, 3.8) is 0 Å². The van der Waals surface area contributed by atoms with Crippen molar-refractivity contribution in [2.24, 2.45) is 0 Å². The third kappa shape index (κ3) is 5.13. The summed E-state index contributed by atoms with van der Waals surface area (Å²) in [6.45, 7) is 0. The maximum Gasteiger partial charge on any atom is 0.246 e. The summed E-state index contributed by atoms with van der Waals surface area (Å²) in [6.07, 6.45) is 0. The lowest BCUT2D eigenvalue weighted by atomic mass is 9.82. The third-order valence-electron chi connectivity index (χ3n) is 4.66. The number of carbonyl (C=O) groups excluding carboxylic acids is 1. The molecule has 3 rings (SSSR count). The van der Waals surface area contributed by atoms with Crippen LogP contribution in [0.1, 0.15) is 33.4 Å². The zero-order valence-corrected chi connectivity index (χ0v) is 19.0. The Hall–Kier alpha value is -2.02. The number of ketones is 1. The van der Waals surface area contributed by atoms with Crippen molar-refractivity contribution in [3.8, 4) is 0 Å². The van der Waals surface area contributed by atoms with Crippen LogP contribution in [0, 0.1) is 10.1 Å². The van der Waals surface area contributed by atoms with Crippen LogP contribution < -0.4 is 0 Å². The second-order valence-corrected chi connectivity index (χ2v) is 8.83. The molecule has 148 valence electrons. The van der Waals surface area contributed by atoms with E-state index in [2.05, 4.69) is 31.9 Å². The summed E-state index contributed by atoms with van der Waals surface area (Å²) >= 11 is 12.9. The standard InChI is InChI=1S/C22H16Br2ClNO3/c23-17-10-6-16(7-11-17)22(27)20(24)19(14-8-12-18(25)13-9-14)21(26(28)29)15-4-2-1-3-5-15/h1-13,19-21H/t19-,20+,21+/m1/s1. The molecule has 0 unspecified atom stereocenters. The molecule has 0 saturated carbocycles. The van der Waals surface area contributed by atoms with E-state index >= 15 is 0 Å². The second kappa shape index (κ2) is 9.65. The quantitative estimate of drug-likeness (QED) is 0.143. The van der Waals surface area contributed by atoms with Gasteiger partial charge in [-0.1, -0.05) is 98.1 Å². The van der Waals surface area contributed by atoms with E-state index in [0.717, 1.165) is 4.47 Å². The Morgan fingerprint density at radius 2 is 1.48 bits per heavy atom. The highest BCUT2D eigenvalue weighted by molar-refractivity contribution is 9.10. The van der Waals surface area contributed by atoms with Crippen LogP contribution >= 0.6 is 43.5 Å². The van der Waals surface area contributed by atoms with Gasteiger partial charge >= 0.3 is 0 Å². The Morgan fingerprint density at radius 1 is 0.897 bits per heavy atom. The Kier molecular flexibility index (Phi) is 7.22. The number of hydrogen-bond acceptors (Lipinski definition) is 3. The number of rotatable bonds is 7. The molecule has 0 radical (unpaired) electrons. The number of nitro groups is 1. The Bertz CT molecular complexity index is 995. The van der Waals surface area contributed by atoms with Crippen molar-refractivity contribution in [3.05, 3.63) is 115 Å². The van der Waals surface area contributed by atoms with Gasteiger partial charge in [0.25, 0.3) is 0 Å². The molecule has 0 aliphatic rings. The minimum atomic E-state index is -1.11. The van der Waals surface area contributed by atoms with E-state index in [1.165, 1.54) is 0 Å². The molecule has 0 fully saturated rings. The number of Topliss-reactive ketones (excluding diaryl/α,β-unsaturated/α-hetero) is 1. The average Bonchev–Trinajstić information content (AvgIpc) is 2.72. The maximum atomic E-state index is 13.2. The van der Waals surface area contributed by atoms with Crippen LogP contribution in [0.5, 0.6) is 0 Å². The van der Waals surface area contributed by atoms with Gasteiger partial charge in [-0.3, -0.25) is 14.9 Å². The van der Waals surface area contributed by atoms with E-state index in [9.17, 15) is 14.9 Å². The molecule has 0 N–H and O–H groups in total.